The van der Waals surface area contributed by atoms with Crippen molar-refractivity contribution in [3.63, 3.8) is 0 Å². The van der Waals surface area contributed by atoms with Gasteiger partial charge in [0.1, 0.15) is 6.04 Å². The van der Waals surface area contributed by atoms with Gasteiger partial charge in [-0.3, -0.25) is 19.5 Å². The highest BCUT2D eigenvalue weighted by molar-refractivity contribution is 7.14. The number of amides is 1. The number of nitrogens with zero attached hydrogens (tertiary/aromatic N) is 3. The molecule has 0 fully saturated rings. The Morgan fingerprint density at radius 3 is 2.55 bits per heavy atom. The smallest absolute Gasteiger partial charge is 0.294 e. The molecule has 0 bridgehead atoms. The van der Waals surface area contributed by atoms with Crippen molar-refractivity contribution in [3.05, 3.63) is 86.8 Å². The standard InChI is InChI=1S/C22H19N3O3S/c1-12-7-6-8-15(11-12)25-18(16-9-4-5-10-23-16)17(20(27)22(25)28)19(26)21-13(2)24-14(3)29-21/h4-11,18,27H,1-3H3. The summed E-state index contributed by atoms with van der Waals surface area (Å²) in [6, 6.07) is 11.9. The maximum Gasteiger partial charge on any atom is 0.294 e. The molecular weight excluding hydrogens is 386 g/mol. The van der Waals surface area contributed by atoms with Gasteiger partial charge in [-0.05, 0) is 50.6 Å². The molecule has 7 heteroatoms. The molecule has 0 spiro atoms. The zero-order valence-electron chi connectivity index (χ0n) is 16.2. The number of pyridine rings is 1. The number of anilines is 1. The van der Waals surface area contributed by atoms with Crippen LogP contribution in [0.4, 0.5) is 5.69 Å². The van der Waals surface area contributed by atoms with Crippen LogP contribution in [0, 0.1) is 20.8 Å². The number of thiazole rings is 1. The van der Waals surface area contributed by atoms with Crippen LogP contribution in [0.3, 0.4) is 0 Å². The number of ketones is 1. The topological polar surface area (TPSA) is 83.4 Å². The average molecular weight is 405 g/mol. The summed E-state index contributed by atoms with van der Waals surface area (Å²) in [5.41, 5.74) is 2.68. The van der Waals surface area contributed by atoms with Gasteiger partial charge in [-0.25, -0.2) is 4.98 Å². The number of aliphatic hydroxyl groups excluding tert-OH is 1. The maximum atomic E-state index is 13.4. The van der Waals surface area contributed by atoms with E-state index in [9.17, 15) is 14.7 Å². The van der Waals surface area contributed by atoms with Crippen LogP contribution in [0.2, 0.25) is 0 Å². The van der Waals surface area contributed by atoms with Crippen molar-refractivity contribution in [2.75, 3.05) is 4.90 Å². The van der Waals surface area contributed by atoms with Gasteiger partial charge in [-0.1, -0.05) is 18.2 Å². The number of rotatable bonds is 4. The van der Waals surface area contributed by atoms with Gasteiger partial charge >= 0.3 is 0 Å². The van der Waals surface area contributed by atoms with E-state index < -0.39 is 23.5 Å². The van der Waals surface area contributed by atoms with Crippen LogP contribution >= 0.6 is 11.3 Å². The number of hydrogen-bond donors (Lipinski definition) is 1. The van der Waals surface area contributed by atoms with Crippen LogP contribution in [0.5, 0.6) is 0 Å². The summed E-state index contributed by atoms with van der Waals surface area (Å²) in [4.78, 5) is 37.0. The molecule has 3 aromatic rings. The molecular formula is C22H19N3O3S. The largest absolute Gasteiger partial charge is 0.503 e. The van der Waals surface area contributed by atoms with Crippen molar-refractivity contribution in [3.8, 4) is 0 Å². The van der Waals surface area contributed by atoms with E-state index in [0.717, 1.165) is 10.6 Å². The Hall–Kier alpha value is -3.32. The molecule has 0 saturated heterocycles. The third-order valence-electron chi connectivity index (χ3n) is 4.81. The number of aliphatic hydroxyl groups is 1. The summed E-state index contributed by atoms with van der Waals surface area (Å²) in [5, 5.41) is 11.5. The van der Waals surface area contributed by atoms with Crippen molar-refractivity contribution in [1.29, 1.82) is 0 Å². The van der Waals surface area contributed by atoms with Gasteiger partial charge < -0.3 is 5.11 Å². The molecule has 0 saturated carbocycles. The van der Waals surface area contributed by atoms with Crippen LogP contribution in [0.1, 0.15) is 37.7 Å². The van der Waals surface area contributed by atoms with Gasteiger partial charge in [0, 0.05) is 11.9 Å². The predicted octanol–water partition coefficient (Wildman–Crippen LogP) is 4.25. The minimum atomic E-state index is -0.820. The molecule has 4 rings (SSSR count). The van der Waals surface area contributed by atoms with Crippen LogP contribution in [-0.2, 0) is 4.79 Å². The van der Waals surface area contributed by atoms with Crippen molar-refractivity contribution in [2.24, 2.45) is 0 Å². The van der Waals surface area contributed by atoms with Crippen molar-refractivity contribution in [1.82, 2.24) is 9.97 Å². The molecule has 146 valence electrons. The summed E-state index contributed by atoms with van der Waals surface area (Å²) >= 11 is 1.25. The molecule has 1 amide bonds. The number of carbonyl (C=O) groups is 2. The Morgan fingerprint density at radius 1 is 1.14 bits per heavy atom. The van der Waals surface area contributed by atoms with Crippen molar-refractivity contribution >= 4 is 28.7 Å². The molecule has 0 aliphatic carbocycles. The van der Waals surface area contributed by atoms with Gasteiger partial charge in [-0.15, -0.1) is 11.3 Å². The minimum Gasteiger partial charge on any atom is -0.503 e. The minimum absolute atomic E-state index is 0.0296. The Bertz CT molecular complexity index is 1150. The number of Topliss-reactive ketones (excluding diaryl/α,β-unsaturated/α-hetero) is 1. The normalized spacial score (nSPS) is 16.6. The van der Waals surface area contributed by atoms with Crippen LogP contribution in [0.25, 0.3) is 0 Å². The Labute approximate surface area is 172 Å². The highest BCUT2D eigenvalue weighted by Crippen LogP contribution is 2.42. The van der Waals surface area contributed by atoms with E-state index in [1.807, 2.05) is 32.0 Å². The van der Waals surface area contributed by atoms with Crippen molar-refractivity contribution < 1.29 is 14.7 Å². The SMILES string of the molecule is Cc1cccc(N2C(=O)C(O)=C(C(=O)c3sc(C)nc3C)C2c2ccccn2)c1. The van der Waals surface area contributed by atoms with Gasteiger partial charge in [0.15, 0.2) is 5.76 Å². The second-order valence-electron chi connectivity index (χ2n) is 6.91. The predicted molar refractivity (Wildman–Crippen MR) is 111 cm³/mol. The van der Waals surface area contributed by atoms with Gasteiger partial charge in [0.05, 0.1) is 26.8 Å². The number of aryl methyl sites for hydroxylation is 3. The molecule has 1 N–H and O–H groups in total. The van der Waals surface area contributed by atoms with Crippen LogP contribution in [-0.4, -0.2) is 26.8 Å². The van der Waals surface area contributed by atoms with E-state index in [2.05, 4.69) is 9.97 Å². The first-order valence-electron chi connectivity index (χ1n) is 9.11. The maximum absolute atomic E-state index is 13.4. The highest BCUT2D eigenvalue weighted by atomic mass is 32.1. The second kappa shape index (κ2) is 7.25. The highest BCUT2D eigenvalue weighted by Gasteiger charge is 2.46. The summed E-state index contributed by atoms with van der Waals surface area (Å²) < 4.78 is 0. The van der Waals surface area contributed by atoms with Gasteiger partial charge in [-0.2, -0.15) is 0 Å². The number of aromatic nitrogens is 2. The van der Waals surface area contributed by atoms with Crippen LogP contribution in [0.15, 0.2) is 60.0 Å². The van der Waals surface area contributed by atoms with Crippen LogP contribution < -0.4 is 4.90 Å². The first-order valence-corrected chi connectivity index (χ1v) is 9.93. The second-order valence-corrected chi connectivity index (χ2v) is 8.11. The Morgan fingerprint density at radius 2 is 1.93 bits per heavy atom. The Balaban J connectivity index is 1.90. The lowest BCUT2D eigenvalue weighted by molar-refractivity contribution is -0.117. The third kappa shape index (κ3) is 3.23. The average Bonchev–Trinajstić information content (AvgIpc) is 3.18. The summed E-state index contributed by atoms with van der Waals surface area (Å²) in [5.74, 6) is -1.56. The van der Waals surface area contributed by atoms with Gasteiger partial charge in [0.25, 0.3) is 5.91 Å². The van der Waals surface area contributed by atoms with Crippen molar-refractivity contribution in [2.45, 2.75) is 26.8 Å². The lowest BCUT2D eigenvalue weighted by Gasteiger charge is -2.26. The fourth-order valence-corrected chi connectivity index (χ4v) is 4.44. The third-order valence-corrected chi connectivity index (χ3v) is 5.88. The molecule has 1 unspecified atom stereocenters. The summed E-state index contributed by atoms with van der Waals surface area (Å²) in [7, 11) is 0. The first-order chi connectivity index (χ1) is 13.9. The lowest BCUT2D eigenvalue weighted by atomic mass is 9.98. The summed E-state index contributed by atoms with van der Waals surface area (Å²) in [6.07, 6.45) is 1.60. The van der Waals surface area contributed by atoms with E-state index in [4.69, 9.17) is 0 Å². The molecule has 1 aliphatic heterocycles. The van der Waals surface area contributed by atoms with E-state index in [-0.39, 0.29) is 5.57 Å². The van der Waals surface area contributed by atoms with E-state index in [1.54, 1.807) is 37.4 Å². The molecule has 0 radical (unpaired) electrons. The van der Waals surface area contributed by atoms with E-state index >= 15 is 0 Å². The zero-order valence-corrected chi connectivity index (χ0v) is 17.0. The zero-order chi connectivity index (χ0) is 20.7. The molecule has 29 heavy (non-hydrogen) atoms. The Kier molecular flexibility index (Phi) is 4.76. The number of carbonyl (C=O) groups excluding carboxylic acids is 2. The fourth-order valence-electron chi connectivity index (χ4n) is 3.56. The summed E-state index contributed by atoms with van der Waals surface area (Å²) in [6.45, 7) is 5.49. The fraction of sp³-hybridized carbons (Fsp3) is 0.182. The lowest BCUT2D eigenvalue weighted by Crippen LogP contribution is -2.31. The molecule has 1 atom stereocenters. The molecule has 6 nitrogen and oxygen atoms in total. The van der Waals surface area contributed by atoms with Gasteiger partial charge in [0.2, 0.25) is 5.78 Å². The molecule has 3 heterocycles. The van der Waals surface area contributed by atoms with E-state index in [0.29, 0.717) is 22.0 Å². The quantitative estimate of drug-likeness (QED) is 0.656. The first kappa shape index (κ1) is 19.0. The number of hydrogen-bond acceptors (Lipinski definition) is 6. The molecule has 2 aromatic heterocycles. The monoisotopic (exact) mass is 405 g/mol. The molecule has 1 aliphatic rings. The number of benzene rings is 1. The van der Waals surface area contributed by atoms with E-state index in [1.165, 1.54) is 16.2 Å². The molecule has 1 aromatic carbocycles.